The van der Waals surface area contributed by atoms with Gasteiger partial charge in [0.2, 0.25) is 5.91 Å². The van der Waals surface area contributed by atoms with Gasteiger partial charge in [-0.15, -0.1) is 11.6 Å². The van der Waals surface area contributed by atoms with Crippen LogP contribution in [0.5, 0.6) is 0 Å². The molecule has 0 aromatic heterocycles. The first-order valence-electron chi connectivity index (χ1n) is 7.06. The van der Waals surface area contributed by atoms with Gasteiger partial charge in [-0.3, -0.25) is 4.79 Å². The Balaban J connectivity index is 2.14. The lowest BCUT2D eigenvalue weighted by molar-refractivity contribution is -0.115. The Morgan fingerprint density at radius 2 is 1.90 bits per heavy atom. The molecular weight excluding hydrogens is 282 g/mol. The van der Waals surface area contributed by atoms with Gasteiger partial charge in [-0.05, 0) is 43.5 Å². The summed E-state index contributed by atoms with van der Waals surface area (Å²) < 4.78 is 0. The van der Waals surface area contributed by atoms with Crippen molar-refractivity contribution in [3.05, 3.63) is 64.7 Å². The summed E-state index contributed by atoms with van der Waals surface area (Å²) >= 11 is 6.15. The number of alkyl halides is 1. The number of carbonyl (C=O) groups is 1. The lowest BCUT2D eigenvalue weighted by atomic mass is 10.0. The van der Waals surface area contributed by atoms with Gasteiger partial charge in [0.05, 0.1) is 11.8 Å². The van der Waals surface area contributed by atoms with E-state index in [9.17, 15) is 4.79 Å². The van der Waals surface area contributed by atoms with Crippen LogP contribution in [0.3, 0.4) is 0 Å². The van der Waals surface area contributed by atoms with Gasteiger partial charge in [0, 0.05) is 5.69 Å². The molecule has 0 saturated carbocycles. The van der Waals surface area contributed by atoms with Crippen molar-refractivity contribution in [3.8, 4) is 0 Å². The van der Waals surface area contributed by atoms with Crippen LogP contribution in [0.25, 0.3) is 0 Å². The Morgan fingerprint density at radius 3 is 2.62 bits per heavy atom. The zero-order chi connectivity index (χ0) is 15.4. The minimum absolute atomic E-state index is 0.0199. The molecule has 21 heavy (non-hydrogen) atoms. The Kier molecular flexibility index (Phi) is 5.03. The Morgan fingerprint density at radius 1 is 1.19 bits per heavy atom. The zero-order valence-corrected chi connectivity index (χ0v) is 13.4. The van der Waals surface area contributed by atoms with Crippen molar-refractivity contribution >= 4 is 23.2 Å². The summed E-state index contributed by atoms with van der Waals surface area (Å²) in [5, 5.41) is 2.83. The topological polar surface area (TPSA) is 29.1 Å². The molecule has 0 aliphatic carbocycles. The number of nitrogens with one attached hydrogen (secondary N) is 1. The van der Waals surface area contributed by atoms with Crippen molar-refractivity contribution in [3.63, 3.8) is 0 Å². The number of halogens is 1. The van der Waals surface area contributed by atoms with E-state index in [1.807, 2.05) is 51.1 Å². The third kappa shape index (κ3) is 4.08. The van der Waals surface area contributed by atoms with E-state index in [0.717, 1.165) is 27.9 Å². The first kappa shape index (κ1) is 15.6. The van der Waals surface area contributed by atoms with E-state index in [4.69, 9.17) is 11.6 Å². The second-order valence-corrected chi connectivity index (χ2v) is 6.01. The van der Waals surface area contributed by atoms with Crippen molar-refractivity contribution in [2.24, 2.45) is 0 Å². The lowest BCUT2D eigenvalue weighted by Gasteiger charge is -2.13. The van der Waals surface area contributed by atoms with Crippen LogP contribution in [0, 0.1) is 13.8 Å². The summed E-state index contributed by atoms with van der Waals surface area (Å²) in [5.74, 6) is -0.0199. The SMILES string of the molecule is Cc1ccc(C)c(CC(=O)Nc2ccccc2C(C)Cl)c1. The van der Waals surface area contributed by atoms with Crippen LogP contribution in [0.2, 0.25) is 0 Å². The standard InChI is InChI=1S/C18H20ClNO/c1-12-8-9-13(2)15(10-12)11-18(21)20-17-7-5-4-6-16(17)14(3)19/h4-10,14H,11H2,1-3H3,(H,20,21). The Hall–Kier alpha value is -1.80. The molecule has 0 heterocycles. The maximum atomic E-state index is 12.3. The predicted molar refractivity (Wildman–Crippen MR) is 89.0 cm³/mol. The van der Waals surface area contributed by atoms with Gasteiger partial charge in [0.25, 0.3) is 0 Å². The summed E-state index contributed by atoms with van der Waals surface area (Å²) in [6, 6.07) is 13.8. The predicted octanol–water partition coefficient (Wildman–Crippen LogP) is 4.78. The number of aryl methyl sites for hydroxylation is 2. The molecule has 2 aromatic carbocycles. The van der Waals surface area contributed by atoms with Gasteiger partial charge >= 0.3 is 0 Å². The number of carbonyl (C=O) groups excluding carboxylic acids is 1. The molecule has 2 nitrogen and oxygen atoms in total. The fourth-order valence-corrected chi connectivity index (χ4v) is 2.51. The molecule has 0 aliphatic heterocycles. The highest BCUT2D eigenvalue weighted by Gasteiger charge is 2.11. The molecule has 3 heteroatoms. The number of hydrogen-bond donors (Lipinski definition) is 1. The van der Waals surface area contributed by atoms with Gasteiger partial charge in [-0.1, -0.05) is 42.0 Å². The van der Waals surface area contributed by atoms with E-state index in [1.54, 1.807) is 0 Å². The van der Waals surface area contributed by atoms with E-state index in [2.05, 4.69) is 17.4 Å². The third-order valence-electron chi connectivity index (χ3n) is 3.52. The van der Waals surface area contributed by atoms with Gasteiger partial charge in [-0.25, -0.2) is 0 Å². The molecule has 2 rings (SSSR count). The fraction of sp³-hybridized carbons (Fsp3) is 0.278. The van der Waals surface area contributed by atoms with Crippen LogP contribution >= 0.6 is 11.6 Å². The molecule has 0 aliphatic rings. The Bertz CT molecular complexity index is 649. The lowest BCUT2D eigenvalue weighted by Crippen LogP contribution is -2.16. The first-order valence-corrected chi connectivity index (χ1v) is 7.50. The largest absolute Gasteiger partial charge is 0.325 e. The van der Waals surface area contributed by atoms with E-state index in [-0.39, 0.29) is 11.3 Å². The molecule has 0 spiro atoms. The van der Waals surface area contributed by atoms with Gasteiger partial charge in [-0.2, -0.15) is 0 Å². The fourth-order valence-electron chi connectivity index (χ4n) is 2.32. The average molecular weight is 302 g/mol. The summed E-state index contributed by atoms with van der Waals surface area (Å²) in [6.07, 6.45) is 0.374. The van der Waals surface area contributed by atoms with Crippen molar-refractivity contribution in [2.75, 3.05) is 5.32 Å². The molecule has 0 saturated heterocycles. The molecule has 1 amide bonds. The number of para-hydroxylation sites is 1. The number of hydrogen-bond acceptors (Lipinski definition) is 1. The van der Waals surface area contributed by atoms with Crippen molar-refractivity contribution in [1.29, 1.82) is 0 Å². The molecule has 1 N–H and O–H groups in total. The monoisotopic (exact) mass is 301 g/mol. The number of amides is 1. The van der Waals surface area contributed by atoms with Crippen molar-refractivity contribution in [1.82, 2.24) is 0 Å². The van der Waals surface area contributed by atoms with E-state index < -0.39 is 0 Å². The van der Waals surface area contributed by atoms with Crippen LogP contribution < -0.4 is 5.32 Å². The van der Waals surface area contributed by atoms with Gasteiger partial charge in [0.1, 0.15) is 0 Å². The summed E-state index contributed by atoms with van der Waals surface area (Å²) in [5.41, 5.74) is 5.08. The highest BCUT2D eigenvalue weighted by Crippen LogP contribution is 2.27. The van der Waals surface area contributed by atoms with Crippen LogP contribution in [-0.4, -0.2) is 5.91 Å². The number of anilines is 1. The maximum Gasteiger partial charge on any atom is 0.228 e. The van der Waals surface area contributed by atoms with Crippen molar-refractivity contribution in [2.45, 2.75) is 32.6 Å². The third-order valence-corrected chi connectivity index (χ3v) is 3.75. The molecule has 0 radical (unpaired) electrons. The van der Waals surface area contributed by atoms with Crippen LogP contribution in [-0.2, 0) is 11.2 Å². The summed E-state index contributed by atoms with van der Waals surface area (Å²) in [4.78, 5) is 12.3. The Labute approximate surface area is 131 Å². The number of benzene rings is 2. The van der Waals surface area contributed by atoms with Crippen molar-refractivity contribution < 1.29 is 4.79 Å². The second-order valence-electron chi connectivity index (χ2n) is 5.36. The van der Waals surface area contributed by atoms with Crippen LogP contribution in [0.15, 0.2) is 42.5 Å². The smallest absolute Gasteiger partial charge is 0.228 e. The summed E-state index contributed by atoms with van der Waals surface area (Å²) in [6.45, 7) is 5.96. The summed E-state index contributed by atoms with van der Waals surface area (Å²) in [7, 11) is 0. The normalized spacial score (nSPS) is 12.0. The van der Waals surface area contributed by atoms with E-state index in [1.165, 1.54) is 0 Å². The maximum absolute atomic E-state index is 12.3. The zero-order valence-electron chi connectivity index (χ0n) is 12.6. The minimum Gasteiger partial charge on any atom is -0.325 e. The molecule has 2 aromatic rings. The molecule has 0 fully saturated rings. The quantitative estimate of drug-likeness (QED) is 0.809. The molecular formula is C18H20ClNO. The van der Waals surface area contributed by atoms with Crippen LogP contribution in [0.4, 0.5) is 5.69 Å². The molecule has 1 unspecified atom stereocenters. The van der Waals surface area contributed by atoms with Gasteiger partial charge < -0.3 is 5.32 Å². The minimum atomic E-state index is -0.137. The molecule has 1 atom stereocenters. The van der Waals surface area contributed by atoms with E-state index in [0.29, 0.717) is 6.42 Å². The van der Waals surface area contributed by atoms with Gasteiger partial charge in [0.15, 0.2) is 0 Å². The van der Waals surface area contributed by atoms with E-state index >= 15 is 0 Å². The molecule has 0 bridgehead atoms. The second kappa shape index (κ2) is 6.77. The highest BCUT2D eigenvalue weighted by molar-refractivity contribution is 6.21. The molecule has 110 valence electrons. The van der Waals surface area contributed by atoms with Crippen LogP contribution in [0.1, 0.15) is 34.6 Å². The highest BCUT2D eigenvalue weighted by atomic mass is 35.5. The average Bonchev–Trinajstić information content (AvgIpc) is 2.43. The number of rotatable bonds is 4. The first-order chi connectivity index (χ1) is 9.97.